The van der Waals surface area contributed by atoms with E-state index in [1.54, 1.807) is 35.5 Å². The highest BCUT2D eigenvalue weighted by Gasteiger charge is 2.55. The first-order chi connectivity index (χ1) is 11.3. The molecular formula is C18H24ClNO3S. The van der Waals surface area contributed by atoms with E-state index >= 15 is 0 Å². The molecule has 1 heterocycles. The van der Waals surface area contributed by atoms with Gasteiger partial charge in [0.15, 0.2) is 0 Å². The second kappa shape index (κ2) is 6.43. The summed E-state index contributed by atoms with van der Waals surface area (Å²) in [5.74, 6) is 0.148. The first-order valence-corrected chi connectivity index (χ1v) is 10.4. The molecule has 4 nitrogen and oxygen atoms in total. The van der Waals surface area contributed by atoms with Crippen molar-refractivity contribution < 1.29 is 13.2 Å². The van der Waals surface area contributed by atoms with Crippen LogP contribution in [0.2, 0.25) is 5.02 Å². The predicted molar refractivity (Wildman–Crippen MR) is 94.5 cm³/mol. The van der Waals surface area contributed by atoms with E-state index in [0.717, 1.165) is 32.1 Å². The second-order valence-electron chi connectivity index (χ2n) is 7.33. The van der Waals surface area contributed by atoms with Crippen LogP contribution in [0.25, 0.3) is 0 Å². The Hall–Kier alpha value is -0.910. The summed E-state index contributed by atoms with van der Waals surface area (Å²) in [6, 6.07) is 6.24. The van der Waals surface area contributed by atoms with Gasteiger partial charge in [-0.15, -0.1) is 0 Å². The molecule has 3 rings (SSSR count). The number of nitrogens with zero attached hydrogens (tertiary/aromatic N) is 1. The Morgan fingerprint density at radius 3 is 2.42 bits per heavy atom. The number of hydrogen-bond donors (Lipinski definition) is 0. The average molecular weight is 370 g/mol. The van der Waals surface area contributed by atoms with Gasteiger partial charge in [-0.2, -0.15) is 4.31 Å². The summed E-state index contributed by atoms with van der Waals surface area (Å²) in [6.07, 6.45) is 5.08. The summed E-state index contributed by atoms with van der Waals surface area (Å²) in [7, 11) is -3.59. The third-order valence-electron chi connectivity index (χ3n) is 5.43. The molecule has 0 amide bonds. The van der Waals surface area contributed by atoms with Gasteiger partial charge < -0.3 is 4.79 Å². The molecule has 6 heteroatoms. The number of ketones is 1. The zero-order valence-electron chi connectivity index (χ0n) is 14.2. The van der Waals surface area contributed by atoms with Crippen LogP contribution in [0.5, 0.6) is 0 Å². The molecule has 1 saturated carbocycles. The maximum Gasteiger partial charge on any atom is 0.243 e. The normalized spacial score (nSPS) is 27.0. The SMILES string of the molecule is CC(=O)CC1(C2CCCC(C)N2S(=O)(=O)c2ccc(Cl)cc2)CC1. The largest absolute Gasteiger partial charge is 0.300 e. The molecule has 2 aliphatic rings. The Bertz CT molecular complexity index is 725. The van der Waals surface area contributed by atoms with Crippen molar-refractivity contribution in [3.8, 4) is 0 Å². The summed E-state index contributed by atoms with van der Waals surface area (Å²) >= 11 is 5.90. The van der Waals surface area contributed by atoms with Crippen LogP contribution in [0, 0.1) is 5.41 Å². The van der Waals surface area contributed by atoms with Crippen LogP contribution in [0.1, 0.15) is 52.4 Å². The van der Waals surface area contributed by atoms with Crippen molar-refractivity contribution in [2.75, 3.05) is 0 Å². The minimum atomic E-state index is -3.59. The van der Waals surface area contributed by atoms with Crippen molar-refractivity contribution in [2.24, 2.45) is 5.41 Å². The first kappa shape index (κ1) is 17.9. The molecule has 24 heavy (non-hydrogen) atoms. The molecule has 132 valence electrons. The van der Waals surface area contributed by atoms with Gasteiger partial charge in [0.2, 0.25) is 10.0 Å². The summed E-state index contributed by atoms with van der Waals surface area (Å²) < 4.78 is 28.2. The lowest BCUT2D eigenvalue weighted by molar-refractivity contribution is -0.118. The standard InChI is InChI=1S/C18H24ClNO3S/c1-13-4-3-5-17(18(10-11-18)12-14(2)21)20(13)24(22,23)16-8-6-15(19)7-9-16/h6-9,13,17H,3-5,10-12H2,1-2H3. The van der Waals surface area contributed by atoms with Crippen molar-refractivity contribution in [1.82, 2.24) is 4.31 Å². The molecule has 0 aromatic heterocycles. The van der Waals surface area contributed by atoms with E-state index in [2.05, 4.69) is 0 Å². The summed E-state index contributed by atoms with van der Waals surface area (Å²) in [4.78, 5) is 12.0. The van der Waals surface area contributed by atoms with E-state index in [9.17, 15) is 13.2 Å². The number of halogens is 1. The number of hydrogen-bond acceptors (Lipinski definition) is 3. The Kier molecular flexibility index (Phi) is 4.80. The monoisotopic (exact) mass is 369 g/mol. The molecule has 2 fully saturated rings. The molecule has 1 aromatic rings. The highest BCUT2D eigenvalue weighted by molar-refractivity contribution is 7.89. The third kappa shape index (κ3) is 3.26. The number of carbonyl (C=O) groups excluding carboxylic acids is 1. The molecule has 1 aromatic carbocycles. The maximum atomic E-state index is 13.3. The maximum absolute atomic E-state index is 13.3. The number of benzene rings is 1. The Labute approximate surface area is 149 Å². The molecule has 1 aliphatic carbocycles. The van der Waals surface area contributed by atoms with Crippen molar-refractivity contribution >= 4 is 27.4 Å². The smallest absolute Gasteiger partial charge is 0.243 e. The van der Waals surface area contributed by atoms with Crippen molar-refractivity contribution in [1.29, 1.82) is 0 Å². The highest BCUT2D eigenvalue weighted by atomic mass is 35.5. The molecule has 0 bridgehead atoms. The zero-order valence-corrected chi connectivity index (χ0v) is 15.7. The number of rotatable bonds is 5. The number of Topliss-reactive ketones (excluding diaryl/α,β-unsaturated/α-hetero) is 1. The van der Waals surface area contributed by atoms with Gasteiger partial charge in [0.1, 0.15) is 5.78 Å². The van der Waals surface area contributed by atoms with Crippen molar-refractivity contribution in [3.63, 3.8) is 0 Å². The average Bonchev–Trinajstić information content (AvgIpc) is 3.27. The fraction of sp³-hybridized carbons (Fsp3) is 0.611. The predicted octanol–water partition coefficient (Wildman–Crippen LogP) is 4.03. The summed E-state index contributed by atoms with van der Waals surface area (Å²) in [5, 5.41) is 0.521. The number of piperidine rings is 1. The second-order valence-corrected chi connectivity index (χ2v) is 9.61. The zero-order chi connectivity index (χ0) is 17.5. The van der Waals surface area contributed by atoms with Gasteiger partial charge in [-0.05, 0) is 69.2 Å². The van der Waals surface area contributed by atoms with E-state index in [4.69, 9.17) is 11.6 Å². The van der Waals surface area contributed by atoms with Gasteiger partial charge in [0.05, 0.1) is 4.90 Å². The van der Waals surface area contributed by atoms with Gasteiger partial charge in [-0.1, -0.05) is 18.0 Å². The molecule has 0 radical (unpaired) electrons. The van der Waals surface area contributed by atoms with Gasteiger partial charge in [-0.25, -0.2) is 8.42 Å². The molecule has 1 aliphatic heterocycles. The van der Waals surface area contributed by atoms with Crippen LogP contribution in [0.4, 0.5) is 0 Å². The lowest BCUT2D eigenvalue weighted by Crippen LogP contribution is -2.52. The minimum absolute atomic E-state index is 0.0474. The lowest BCUT2D eigenvalue weighted by atomic mass is 9.84. The highest BCUT2D eigenvalue weighted by Crippen LogP contribution is 2.57. The van der Waals surface area contributed by atoms with Crippen LogP contribution in [-0.4, -0.2) is 30.6 Å². The molecule has 0 N–H and O–H groups in total. The van der Waals surface area contributed by atoms with E-state index in [-0.39, 0.29) is 28.2 Å². The van der Waals surface area contributed by atoms with Crippen molar-refractivity contribution in [3.05, 3.63) is 29.3 Å². The first-order valence-electron chi connectivity index (χ1n) is 8.55. The quantitative estimate of drug-likeness (QED) is 0.787. The Morgan fingerprint density at radius 1 is 1.25 bits per heavy atom. The lowest BCUT2D eigenvalue weighted by Gasteiger charge is -2.43. The van der Waals surface area contributed by atoms with Gasteiger partial charge >= 0.3 is 0 Å². The van der Waals surface area contributed by atoms with Crippen LogP contribution in [0.3, 0.4) is 0 Å². The van der Waals surface area contributed by atoms with Gasteiger partial charge in [0, 0.05) is 23.5 Å². The fourth-order valence-corrected chi connectivity index (χ4v) is 6.25. The minimum Gasteiger partial charge on any atom is -0.300 e. The Balaban J connectivity index is 1.98. The van der Waals surface area contributed by atoms with Crippen molar-refractivity contribution in [2.45, 2.75) is 69.4 Å². The molecule has 0 spiro atoms. The summed E-state index contributed by atoms with van der Waals surface area (Å²) in [5.41, 5.74) is -0.153. The van der Waals surface area contributed by atoms with Crippen LogP contribution < -0.4 is 0 Å². The molecular weight excluding hydrogens is 346 g/mol. The third-order valence-corrected chi connectivity index (χ3v) is 7.72. The van der Waals surface area contributed by atoms with Gasteiger partial charge in [0.25, 0.3) is 0 Å². The Morgan fingerprint density at radius 2 is 1.88 bits per heavy atom. The van der Waals surface area contributed by atoms with E-state index in [1.165, 1.54) is 0 Å². The van der Waals surface area contributed by atoms with Crippen LogP contribution in [0.15, 0.2) is 29.2 Å². The molecule has 2 unspecified atom stereocenters. The number of carbonyl (C=O) groups is 1. The van der Waals surface area contributed by atoms with Gasteiger partial charge in [-0.3, -0.25) is 0 Å². The van der Waals surface area contributed by atoms with Crippen LogP contribution >= 0.6 is 11.6 Å². The summed E-state index contributed by atoms with van der Waals surface area (Å²) in [6.45, 7) is 3.58. The van der Waals surface area contributed by atoms with E-state index in [1.807, 2.05) is 6.92 Å². The van der Waals surface area contributed by atoms with Crippen LogP contribution in [-0.2, 0) is 14.8 Å². The topological polar surface area (TPSA) is 54.5 Å². The number of sulfonamides is 1. The molecule has 2 atom stereocenters. The fourth-order valence-electron chi connectivity index (χ4n) is 4.16. The van der Waals surface area contributed by atoms with E-state index < -0.39 is 10.0 Å². The molecule has 1 saturated heterocycles. The van der Waals surface area contributed by atoms with E-state index in [0.29, 0.717) is 11.4 Å².